The normalized spacial score (nSPS) is 20.1. The molecule has 0 radical (unpaired) electrons. The Kier molecular flexibility index (Phi) is 11.4. The Morgan fingerprint density at radius 1 is 0.964 bits per heavy atom. The molecule has 0 unspecified atom stereocenters. The minimum Gasteiger partial charge on any atom is -0.484 e. The number of rotatable bonds is 9. The average Bonchev–Trinajstić information content (AvgIpc) is 4.00. The van der Waals surface area contributed by atoms with Crippen LogP contribution in [0, 0.1) is 0 Å². The van der Waals surface area contributed by atoms with Crippen LogP contribution in [-0.4, -0.2) is 88.9 Å². The molecule has 1 aliphatic carbocycles. The summed E-state index contributed by atoms with van der Waals surface area (Å²) in [6, 6.07) is 14.1. The van der Waals surface area contributed by atoms with E-state index in [4.69, 9.17) is 19.7 Å². The highest BCUT2D eigenvalue weighted by Crippen LogP contribution is 2.39. The quantitative estimate of drug-likeness (QED) is 0.145. The second-order valence-corrected chi connectivity index (χ2v) is 15.8. The van der Waals surface area contributed by atoms with Gasteiger partial charge in [0.1, 0.15) is 23.4 Å². The highest BCUT2D eigenvalue weighted by molar-refractivity contribution is 5.89. The maximum Gasteiger partial charge on any atom is 0.320 e. The Labute approximate surface area is 321 Å². The highest BCUT2D eigenvalue weighted by Gasteiger charge is 2.31. The topological polar surface area (TPSA) is 160 Å². The number of fused-ring (bicyclic) bond motifs is 2. The van der Waals surface area contributed by atoms with E-state index < -0.39 is 0 Å². The van der Waals surface area contributed by atoms with Crippen molar-refractivity contribution in [3.05, 3.63) is 77.9 Å². The summed E-state index contributed by atoms with van der Waals surface area (Å²) in [7, 11) is 0. The largest absolute Gasteiger partial charge is 0.484 e. The average molecular weight is 752 g/mol. The highest BCUT2D eigenvalue weighted by atomic mass is 16.5. The molecule has 4 aromatic heterocycles. The molecule has 0 spiro atoms. The molecule has 15 heteroatoms. The molecule has 292 valence electrons. The third kappa shape index (κ3) is 8.61. The number of carbonyl (C=O) groups excluding carboxylic acids is 1. The number of likely N-dealkylation sites (tertiary alicyclic amines) is 1. The van der Waals surface area contributed by atoms with Crippen molar-refractivity contribution in [3.8, 4) is 11.4 Å². The number of piperidine rings is 1. The summed E-state index contributed by atoms with van der Waals surface area (Å²) in [5.41, 5.74) is 4.45. The zero-order chi connectivity index (χ0) is 38.5. The van der Waals surface area contributed by atoms with Crippen LogP contribution in [0.5, 0.6) is 5.75 Å². The van der Waals surface area contributed by atoms with E-state index in [2.05, 4.69) is 80.0 Å². The van der Waals surface area contributed by atoms with Gasteiger partial charge >= 0.3 is 6.03 Å². The number of hydrogen-bond acceptors (Lipinski definition) is 9. The summed E-state index contributed by atoms with van der Waals surface area (Å²) in [6.45, 7) is 13.5. The van der Waals surface area contributed by atoms with Gasteiger partial charge in [-0.25, -0.2) is 9.48 Å². The Balaban J connectivity index is 0.00000150. The van der Waals surface area contributed by atoms with Gasteiger partial charge in [-0.3, -0.25) is 19.2 Å². The summed E-state index contributed by atoms with van der Waals surface area (Å²) in [5, 5.41) is 31.8. The van der Waals surface area contributed by atoms with Gasteiger partial charge in [-0.05, 0) is 88.2 Å². The van der Waals surface area contributed by atoms with Crippen molar-refractivity contribution in [2.75, 3.05) is 36.4 Å². The Morgan fingerprint density at radius 3 is 2.49 bits per heavy atom. The Morgan fingerprint density at radius 2 is 1.73 bits per heavy atom. The van der Waals surface area contributed by atoms with Gasteiger partial charge in [-0.2, -0.15) is 10.2 Å². The van der Waals surface area contributed by atoms with Gasteiger partial charge in [0.15, 0.2) is 5.65 Å². The lowest BCUT2D eigenvalue weighted by Gasteiger charge is -2.33. The fourth-order valence-electron chi connectivity index (χ4n) is 7.89. The molecular formula is C40H53N11O4. The van der Waals surface area contributed by atoms with Crippen molar-refractivity contribution in [3.63, 3.8) is 0 Å². The molecule has 2 aliphatic heterocycles. The molecule has 55 heavy (non-hydrogen) atoms. The van der Waals surface area contributed by atoms with Crippen molar-refractivity contribution in [1.82, 2.24) is 44.4 Å². The lowest BCUT2D eigenvalue weighted by atomic mass is 9.85. The number of benzene rings is 1. The number of anilines is 2. The zero-order valence-electron chi connectivity index (χ0n) is 32.3. The first-order valence-electron chi connectivity index (χ1n) is 19.5. The number of nitrogens with one attached hydrogen (secondary N) is 2. The van der Waals surface area contributed by atoms with Crippen molar-refractivity contribution in [2.24, 2.45) is 0 Å². The number of ether oxygens (including phenoxy) is 1. The summed E-state index contributed by atoms with van der Waals surface area (Å²) in [5.74, 6) is 2.24. The number of urea groups is 1. The van der Waals surface area contributed by atoms with E-state index in [-0.39, 0.29) is 30.1 Å². The first-order valence-corrected chi connectivity index (χ1v) is 19.5. The number of amides is 2. The monoisotopic (exact) mass is 751 g/mol. The summed E-state index contributed by atoms with van der Waals surface area (Å²) in [4.78, 5) is 26.9. The summed E-state index contributed by atoms with van der Waals surface area (Å²) < 4.78 is 12.5. The molecule has 3 aliphatic rings. The molecule has 3 atom stereocenters. The fraction of sp³-hybridized carbons (Fsp3) is 0.500. The molecule has 2 fully saturated rings. The van der Waals surface area contributed by atoms with Gasteiger partial charge in [0.2, 0.25) is 5.95 Å². The lowest BCUT2D eigenvalue weighted by Crippen LogP contribution is -2.38. The molecule has 8 rings (SSSR count). The first-order chi connectivity index (χ1) is 26.6. The van der Waals surface area contributed by atoms with Gasteiger partial charge in [0, 0.05) is 30.6 Å². The number of nitrogens with zero attached hydrogens (tertiary/aromatic N) is 9. The van der Waals surface area contributed by atoms with Gasteiger partial charge in [0.25, 0.3) is 6.47 Å². The number of carboxylic acid groups (broad SMARTS) is 1. The van der Waals surface area contributed by atoms with E-state index in [1.165, 1.54) is 19.3 Å². The van der Waals surface area contributed by atoms with Crippen molar-refractivity contribution >= 4 is 29.9 Å². The van der Waals surface area contributed by atoms with Crippen LogP contribution >= 0.6 is 0 Å². The lowest BCUT2D eigenvalue weighted by molar-refractivity contribution is -0.122. The SMILES string of the molecule is C[C@H]1CCCCN1c1nnc2ccc(O[C@@H]3CC[C@H](NC(=O)Nc4cc(C(C)(C)C)nn4-c4cnn(CCN5CCCC5)c4)c4ccccc43)cn12.O=CO. The number of aromatic nitrogens is 7. The third-order valence-electron chi connectivity index (χ3n) is 10.9. The fourth-order valence-corrected chi connectivity index (χ4v) is 7.89. The van der Waals surface area contributed by atoms with Crippen LogP contribution in [0.4, 0.5) is 16.6 Å². The molecular weight excluding hydrogens is 699 g/mol. The van der Waals surface area contributed by atoms with E-state index in [9.17, 15) is 4.79 Å². The summed E-state index contributed by atoms with van der Waals surface area (Å²) >= 11 is 0. The van der Waals surface area contributed by atoms with Crippen LogP contribution in [0.15, 0.2) is 61.1 Å². The van der Waals surface area contributed by atoms with Crippen LogP contribution in [0.2, 0.25) is 0 Å². The second kappa shape index (κ2) is 16.5. The second-order valence-electron chi connectivity index (χ2n) is 15.8. The van der Waals surface area contributed by atoms with Crippen LogP contribution in [0.3, 0.4) is 0 Å². The van der Waals surface area contributed by atoms with Crippen molar-refractivity contribution < 1.29 is 19.4 Å². The number of pyridine rings is 1. The van der Waals surface area contributed by atoms with Crippen molar-refractivity contribution in [1.29, 1.82) is 0 Å². The number of hydrogen-bond donors (Lipinski definition) is 3. The van der Waals surface area contributed by atoms with E-state index >= 15 is 0 Å². The Hall–Kier alpha value is -5.44. The molecule has 2 amide bonds. The first kappa shape index (κ1) is 37.9. The zero-order valence-corrected chi connectivity index (χ0v) is 32.3. The predicted molar refractivity (Wildman–Crippen MR) is 210 cm³/mol. The van der Waals surface area contributed by atoms with Crippen LogP contribution in [0.25, 0.3) is 11.3 Å². The van der Waals surface area contributed by atoms with Gasteiger partial charge in [-0.1, -0.05) is 45.0 Å². The minimum absolute atomic E-state index is 0.151. The van der Waals surface area contributed by atoms with E-state index in [1.807, 2.05) is 53.6 Å². The Bertz CT molecular complexity index is 2080. The molecule has 3 N–H and O–H groups in total. The molecule has 6 heterocycles. The van der Waals surface area contributed by atoms with Crippen LogP contribution in [-0.2, 0) is 16.8 Å². The van der Waals surface area contributed by atoms with Crippen LogP contribution in [0.1, 0.15) is 102 Å². The molecule has 15 nitrogen and oxygen atoms in total. The van der Waals surface area contributed by atoms with Gasteiger partial charge < -0.3 is 25.0 Å². The van der Waals surface area contributed by atoms with Crippen molar-refractivity contribution in [2.45, 2.75) is 103 Å². The molecule has 5 aromatic rings. The summed E-state index contributed by atoms with van der Waals surface area (Å²) in [6.07, 6.45) is 13.3. The molecule has 1 aromatic carbocycles. The smallest absolute Gasteiger partial charge is 0.320 e. The van der Waals surface area contributed by atoms with Gasteiger partial charge in [0.05, 0.1) is 36.9 Å². The standard InChI is InChI=1S/C39H51N11O2.CH2O2/c1-27-11-7-8-20-48(27)38-44-43-35-17-14-29(26-49(35)38)52-33-16-15-32(30-12-5-6-13-31(30)33)41-37(51)42-36-23-34(39(2,3)4)45-50(36)28-24-40-47(25-28)22-21-46-18-9-10-19-46;2-1-3/h5-6,12-14,17,23-27,32-33H,7-11,15-16,18-22H2,1-4H3,(H2,41,42,51);1H,(H,2,3)/t27-,32-,33+;/m0./s1. The maximum absolute atomic E-state index is 13.7. The molecule has 2 saturated heterocycles. The molecule has 0 bridgehead atoms. The minimum atomic E-state index is -0.278. The van der Waals surface area contributed by atoms with E-state index in [0.29, 0.717) is 11.9 Å². The predicted octanol–water partition coefficient (Wildman–Crippen LogP) is 6.36. The van der Waals surface area contributed by atoms with E-state index in [0.717, 1.165) is 98.3 Å². The maximum atomic E-state index is 13.7. The molecule has 0 saturated carbocycles. The third-order valence-corrected chi connectivity index (χ3v) is 10.9. The van der Waals surface area contributed by atoms with Gasteiger partial charge in [-0.15, -0.1) is 10.2 Å². The van der Waals surface area contributed by atoms with E-state index in [1.54, 1.807) is 4.68 Å². The number of carbonyl (C=O) groups is 2. The van der Waals surface area contributed by atoms with Crippen LogP contribution < -0.4 is 20.3 Å².